The molecule has 0 aromatic carbocycles. The SMILES string of the molecule is CC(C)C1(C#N)NCC(C)(C)S1. The van der Waals surface area contributed by atoms with Crippen molar-refractivity contribution in [3.8, 4) is 6.07 Å². The summed E-state index contributed by atoms with van der Waals surface area (Å²) in [5, 5.41) is 12.4. The Kier molecular flexibility index (Phi) is 2.42. The number of thioether (sulfide) groups is 1. The van der Waals surface area contributed by atoms with Crippen molar-refractivity contribution in [1.82, 2.24) is 5.32 Å². The molecule has 0 radical (unpaired) electrons. The lowest BCUT2D eigenvalue weighted by Crippen LogP contribution is -2.40. The molecule has 0 amide bonds. The van der Waals surface area contributed by atoms with Crippen molar-refractivity contribution in [3.05, 3.63) is 0 Å². The molecule has 1 rings (SSSR count). The third-order valence-corrected chi connectivity index (χ3v) is 3.92. The number of hydrogen-bond donors (Lipinski definition) is 1. The Balaban J connectivity index is 2.82. The van der Waals surface area contributed by atoms with Crippen molar-refractivity contribution in [3.63, 3.8) is 0 Å². The summed E-state index contributed by atoms with van der Waals surface area (Å²) in [4.78, 5) is -0.358. The number of rotatable bonds is 1. The molecule has 1 saturated heterocycles. The topological polar surface area (TPSA) is 35.8 Å². The van der Waals surface area contributed by atoms with Crippen LogP contribution in [0.4, 0.5) is 0 Å². The van der Waals surface area contributed by atoms with E-state index in [2.05, 4.69) is 39.1 Å². The first-order chi connectivity index (χ1) is 5.42. The molecule has 1 aliphatic rings. The standard InChI is InChI=1S/C9H16N2S/c1-7(2)9(5-10)11-6-8(3,4)12-9/h7,11H,6H2,1-4H3. The van der Waals surface area contributed by atoms with E-state index in [0.717, 1.165) is 6.54 Å². The summed E-state index contributed by atoms with van der Waals surface area (Å²) in [5.74, 6) is 0.356. The van der Waals surface area contributed by atoms with Crippen LogP contribution in [0.25, 0.3) is 0 Å². The van der Waals surface area contributed by atoms with Gasteiger partial charge in [0.05, 0.1) is 6.07 Å². The van der Waals surface area contributed by atoms with E-state index in [0.29, 0.717) is 5.92 Å². The van der Waals surface area contributed by atoms with Gasteiger partial charge in [-0.05, 0) is 19.8 Å². The molecule has 0 bridgehead atoms. The Morgan fingerprint density at radius 2 is 2.08 bits per heavy atom. The summed E-state index contributed by atoms with van der Waals surface area (Å²) in [7, 11) is 0. The van der Waals surface area contributed by atoms with Gasteiger partial charge in [-0.25, -0.2) is 0 Å². The van der Waals surface area contributed by atoms with Crippen molar-refractivity contribution in [2.24, 2.45) is 5.92 Å². The first-order valence-electron chi connectivity index (χ1n) is 4.28. The first kappa shape index (κ1) is 9.88. The van der Waals surface area contributed by atoms with E-state index in [1.54, 1.807) is 11.8 Å². The van der Waals surface area contributed by atoms with E-state index in [4.69, 9.17) is 5.26 Å². The maximum absolute atomic E-state index is 9.09. The van der Waals surface area contributed by atoms with Gasteiger partial charge in [0.1, 0.15) is 0 Å². The zero-order chi connectivity index (χ0) is 9.41. The third kappa shape index (κ3) is 1.60. The molecule has 1 atom stereocenters. The molecule has 1 N–H and O–H groups in total. The lowest BCUT2D eigenvalue weighted by molar-refractivity contribution is 0.449. The molecular weight excluding hydrogens is 168 g/mol. The quantitative estimate of drug-likeness (QED) is 0.677. The lowest BCUT2D eigenvalue weighted by atomic mass is 10.1. The maximum Gasteiger partial charge on any atom is 0.156 e. The summed E-state index contributed by atoms with van der Waals surface area (Å²) in [6.07, 6.45) is 0. The Morgan fingerprint density at radius 3 is 2.25 bits per heavy atom. The smallest absolute Gasteiger partial charge is 0.156 e. The minimum Gasteiger partial charge on any atom is -0.289 e. The molecule has 1 fully saturated rings. The Bertz CT molecular complexity index is 217. The van der Waals surface area contributed by atoms with Gasteiger partial charge in [-0.3, -0.25) is 5.32 Å². The van der Waals surface area contributed by atoms with Gasteiger partial charge in [-0.1, -0.05) is 13.8 Å². The van der Waals surface area contributed by atoms with Crippen molar-refractivity contribution >= 4 is 11.8 Å². The van der Waals surface area contributed by atoms with E-state index in [1.165, 1.54) is 0 Å². The van der Waals surface area contributed by atoms with Crippen LogP contribution in [0, 0.1) is 17.2 Å². The maximum atomic E-state index is 9.09. The van der Waals surface area contributed by atoms with E-state index < -0.39 is 0 Å². The zero-order valence-electron chi connectivity index (χ0n) is 8.14. The van der Waals surface area contributed by atoms with Crippen LogP contribution in [-0.2, 0) is 0 Å². The number of hydrogen-bond acceptors (Lipinski definition) is 3. The second kappa shape index (κ2) is 2.93. The van der Waals surface area contributed by atoms with Crippen LogP contribution in [0.3, 0.4) is 0 Å². The second-order valence-corrected chi connectivity index (χ2v) is 6.17. The van der Waals surface area contributed by atoms with Crippen molar-refractivity contribution < 1.29 is 0 Å². The monoisotopic (exact) mass is 184 g/mol. The molecule has 1 unspecified atom stereocenters. The molecule has 3 heteroatoms. The van der Waals surface area contributed by atoms with Crippen molar-refractivity contribution in [2.45, 2.75) is 37.3 Å². The van der Waals surface area contributed by atoms with Crippen LogP contribution in [0.15, 0.2) is 0 Å². The fourth-order valence-electron chi connectivity index (χ4n) is 1.37. The molecule has 12 heavy (non-hydrogen) atoms. The highest BCUT2D eigenvalue weighted by Gasteiger charge is 2.46. The average molecular weight is 184 g/mol. The fraction of sp³-hybridized carbons (Fsp3) is 0.889. The van der Waals surface area contributed by atoms with Crippen LogP contribution in [0.1, 0.15) is 27.7 Å². The van der Waals surface area contributed by atoms with E-state index in [9.17, 15) is 0 Å². The number of nitriles is 1. The molecule has 68 valence electrons. The Labute approximate surface area is 78.7 Å². The molecule has 1 heterocycles. The van der Waals surface area contributed by atoms with Gasteiger partial charge in [-0.15, -0.1) is 11.8 Å². The van der Waals surface area contributed by atoms with Gasteiger partial charge >= 0.3 is 0 Å². The van der Waals surface area contributed by atoms with Crippen molar-refractivity contribution in [2.75, 3.05) is 6.54 Å². The minimum absolute atomic E-state index is 0.194. The van der Waals surface area contributed by atoms with Crippen LogP contribution in [0.5, 0.6) is 0 Å². The van der Waals surface area contributed by atoms with E-state index >= 15 is 0 Å². The second-order valence-electron chi connectivity index (χ2n) is 4.22. The average Bonchev–Trinajstić information content (AvgIpc) is 2.27. The van der Waals surface area contributed by atoms with E-state index in [1.807, 2.05) is 0 Å². The van der Waals surface area contributed by atoms with Crippen LogP contribution < -0.4 is 5.32 Å². The summed E-state index contributed by atoms with van der Waals surface area (Å²) in [6.45, 7) is 9.44. The lowest BCUT2D eigenvalue weighted by Gasteiger charge is -2.26. The Morgan fingerprint density at radius 1 is 1.50 bits per heavy atom. The largest absolute Gasteiger partial charge is 0.289 e. The fourth-order valence-corrected chi connectivity index (χ4v) is 2.81. The summed E-state index contributed by atoms with van der Waals surface area (Å²) >= 11 is 1.75. The normalized spacial score (nSPS) is 33.7. The number of nitrogens with zero attached hydrogens (tertiary/aromatic N) is 1. The summed E-state index contributed by atoms with van der Waals surface area (Å²) in [6, 6.07) is 2.38. The molecular formula is C9H16N2S. The molecule has 0 saturated carbocycles. The van der Waals surface area contributed by atoms with Gasteiger partial charge < -0.3 is 0 Å². The van der Waals surface area contributed by atoms with Gasteiger partial charge in [0.15, 0.2) is 4.87 Å². The van der Waals surface area contributed by atoms with Gasteiger partial charge in [0.2, 0.25) is 0 Å². The molecule has 2 nitrogen and oxygen atoms in total. The molecule has 0 aromatic rings. The predicted octanol–water partition coefficient (Wildman–Crippen LogP) is 1.98. The Hall–Kier alpha value is -0.200. The summed E-state index contributed by atoms with van der Waals surface area (Å²) < 4.78 is 0.194. The molecule has 0 spiro atoms. The highest BCUT2D eigenvalue weighted by Crippen LogP contribution is 2.44. The number of nitrogens with one attached hydrogen (secondary N) is 1. The van der Waals surface area contributed by atoms with Crippen LogP contribution >= 0.6 is 11.8 Å². The molecule has 1 aliphatic heterocycles. The van der Waals surface area contributed by atoms with Crippen LogP contribution in [-0.4, -0.2) is 16.2 Å². The minimum atomic E-state index is -0.358. The van der Waals surface area contributed by atoms with E-state index in [-0.39, 0.29) is 9.62 Å². The third-order valence-electron chi connectivity index (χ3n) is 2.19. The van der Waals surface area contributed by atoms with Gasteiger partial charge in [-0.2, -0.15) is 5.26 Å². The summed E-state index contributed by atoms with van der Waals surface area (Å²) in [5.41, 5.74) is 0. The molecule has 0 aromatic heterocycles. The first-order valence-corrected chi connectivity index (χ1v) is 5.10. The van der Waals surface area contributed by atoms with Gasteiger partial charge in [0, 0.05) is 11.3 Å². The highest BCUT2D eigenvalue weighted by molar-refractivity contribution is 8.02. The predicted molar refractivity (Wildman–Crippen MR) is 52.9 cm³/mol. The zero-order valence-corrected chi connectivity index (χ0v) is 8.96. The van der Waals surface area contributed by atoms with Crippen LogP contribution in [0.2, 0.25) is 0 Å². The highest BCUT2D eigenvalue weighted by atomic mass is 32.2. The van der Waals surface area contributed by atoms with Crippen molar-refractivity contribution in [1.29, 1.82) is 5.26 Å². The molecule has 0 aliphatic carbocycles. The van der Waals surface area contributed by atoms with Gasteiger partial charge in [0.25, 0.3) is 0 Å².